The number of Topliss-reactive ketones (excluding diaryl/α,β-unsaturated/α-hetero) is 1. The SMILES string of the molecule is C[C@](O)(CCC(=O)c1cc([N+](=O)[O-])c2ncccc2c1)c1cc2c(c(-c3ccc(F)cc3)n1)OC[C@]2(C)C(N)=O. The maximum atomic E-state index is 13.6. The molecule has 2 atom stereocenters. The number of rotatable bonds is 8. The van der Waals surface area contributed by atoms with E-state index in [1.807, 2.05) is 0 Å². The van der Waals surface area contributed by atoms with Crippen LogP contribution < -0.4 is 10.5 Å². The van der Waals surface area contributed by atoms with Crippen LogP contribution in [0.5, 0.6) is 5.75 Å². The molecule has 0 saturated carbocycles. The van der Waals surface area contributed by atoms with Crippen LogP contribution in [0.3, 0.4) is 0 Å². The molecule has 0 fully saturated rings. The van der Waals surface area contributed by atoms with Gasteiger partial charge >= 0.3 is 0 Å². The zero-order valence-electron chi connectivity index (χ0n) is 21.7. The number of carbonyl (C=O) groups is 2. The van der Waals surface area contributed by atoms with Crippen molar-refractivity contribution in [3.05, 3.63) is 93.5 Å². The number of hydrogen-bond donors (Lipinski definition) is 2. The van der Waals surface area contributed by atoms with Crippen molar-refractivity contribution < 1.29 is 28.7 Å². The molecule has 1 aliphatic heterocycles. The van der Waals surface area contributed by atoms with E-state index < -0.39 is 33.4 Å². The van der Waals surface area contributed by atoms with Gasteiger partial charge in [-0.1, -0.05) is 6.07 Å². The number of pyridine rings is 2. The lowest BCUT2D eigenvalue weighted by Crippen LogP contribution is -2.40. The van der Waals surface area contributed by atoms with E-state index >= 15 is 0 Å². The molecule has 0 bridgehead atoms. The lowest BCUT2D eigenvalue weighted by molar-refractivity contribution is -0.383. The molecule has 40 heavy (non-hydrogen) atoms. The molecule has 0 unspecified atom stereocenters. The summed E-state index contributed by atoms with van der Waals surface area (Å²) in [7, 11) is 0. The van der Waals surface area contributed by atoms with E-state index in [4.69, 9.17) is 10.5 Å². The summed E-state index contributed by atoms with van der Waals surface area (Å²) in [6, 6.07) is 13.0. The van der Waals surface area contributed by atoms with Crippen LogP contribution in [-0.4, -0.2) is 38.3 Å². The number of ketones is 1. The van der Waals surface area contributed by atoms with E-state index in [2.05, 4.69) is 9.97 Å². The molecule has 0 saturated heterocycles. The molecular weight excluding hydrogens is 519 g/mol. The maximum Gasteiger partial charge on any atom is 0.296 e. The maximum absolute atomic E-state index is 13.6. The number of benzene rings is 2. The summed E-state index contributed by atoms with van der Waals surface area (Å²) in [5, 5.41) is 23.5. The number of nitro benzene ring substituents is 1. The zero-order valence-corrected chi connectivity index (χ0v) is 21.7. The molecule has 3 N–H and O–H groups in total. The Hall–Kier alpha value is -4.77. The van der Waals surface area contributed by atoms with E-state index in [0.717, 1.165) is 0 Å². The number of primary amides is 1. The Morgan fingerprint density at radius 2 is 1.95 bits per heavy atom. The average Bonchev–Trinajstić information content (AvgIpc) is 3.29. The number of aliphatic hydroxyl groups is 1. The van der Waals surface area contributed by atoms with Crippen LogP contribution in [0.25, 0.3) is 22.2 Å². The normalized spacial score (nSPS) is 17.6. The van der Waals surface area contributed by atoms with Crippen molar-refractivity contribution in [1.29, 1.82) is 0 Å². The van der Waals surface area contributed by atoms with Crippen molar-refractivity contribution in [3.8, 4) is 17.0 Å². The summed E-state index contributed by atoms with van der Waals surface area (Å²) in [4.78, 5) is 45.2. The Labute approximate surface area is 227 Å². The van der Waals surface area contributed by atoms with Gasteiger partial charge in [-0.2, -0.15) is 0 Å². The minimum Gasteiger partial charge on any atom is -0.489 e. The van der Waals surface area contributed by atoms with Crippen molar-refractivity contribution >= 4 is 28.3 Å². The van der Waals surface area contributed by atoms with Gasteiger partial charge in [0, 0.05) is 40.8 Å². The molecular formula is C29H25FN4O6. The minimum atomic E-state index is -1.66. The first-order valence-electron chi connectivity index (χ1n) is 12.4. The highest BCUT2D eigenvalue weighted by atomic mass is 19.1. The zero-order chi connectivity index (χ0) is 28.8. The number of nitro groups is 1. The number of nitrogens with two attached hydrogens (primary N) is 1. The Balaban J connectivity index is 1.50. The summed E-state index contributed by atoms with van der Waals surface area (Å²) in [6.07, 6.45) is 1.18. The molecule has 5 rings (SSSR count). The lowest BCUT2D eigenvalue weighted by atomic mass is 9.81. The van der Waals surface area contributed by atoms with Gasteiger partial charge in [-0.25, -0.2) is 14.4 Å². The van der Waals surface area contributed by atoms with Gasteiger partial charge in [-0.05, 0) is 62.7 Å². The predicted octanol–water partition coefficient (Wildman–Crippen LogP) is 4.35. The molecule has 2 aromatic heterocycles. The van der Waals surface area contributed by atoms with Crippen LogP contribution in [0.1, 0.15) is 48.3 Å². The lowest BCUT2D eigenvalue weighted by Gasteiger charge is -2.26. The Morgan fingerprint density at radius 1 is 1.23 bits per heavy atom. The second-order valence-corrected chi connectivity index (χ2v) is 10.2. The third-order valence-corrected chi connectivity index (χ3v) is 7.33. The summed E-state index contributed by atoms with van der Waals surface area (Å²) in [6.45, 7) is 3.07. The van der Waals surface area contributed by atoms with Crippen LogP contribution >= 0.6 is 0 Å². The summed E-state index contributed by atoms with van der Waals surface area (Å²) < 4.78 is 19.4. The Morgan fingerprint density at radius 3 is 2.62 bits per heavy atom. The van der Waals surface area contributed by atoms with Gasteiger partial charge in [0.1, 0.15) is 40.4 Å². The van der Waals surface area contributed by atoms with Crippen LogP contribution in [0.15, 0.2) is 60.8 Å². The number of ether oxygens (including phenoxy) is 1. The second kappa shape index (κ2) is 9.76. The molecule has 3 heterocycles. The molecule has 0 radical (unpaired) electrons. The van der Waals surface area contributed by atoms with Crippen LogP contribution in [0.4, 0.5) is 10.1 Å². The van der Waals surface area contributed by atoms with Crippen molar-refractivity contribution in [3.63, 3.8) is 0 Å². The van der Waals surface area contributed by atoms with Gasteiger partial charge < -0.3 is 15.6 Å². The topological polar surface area (TPSA) is 159 Å². The highest BCUT2D eigenvalue weighted by Crippen LogP contribution is 2.46. The van der Waals surface area contributed by atoms with Crippen molar-refractivity contribution in [2.45, 2.75) is 37.7 Å². The summed E-state index contributed by atoms with van der Waals surface area (Å²) in [5.74, 6) is -1.19. The molecule has 2 aromatic carbocycles. The Bertz CT molecular complexity index is 1690. The highest BCUT2D eigenvalue weighted by Gasteiger charge is 2.45. The van der Waals surface area contributed by atoms with Crippen molar-refractivity contribution in [2.24, 2.45) is 5.73 Å². The molecule has 1 aliphatic rings. The number of hydrogen-bond acceptors (Lipinski definition) is 8. The predicted molar refractivity (Wildman–Crippen MR) is 143 cm³/mol. The van der Waals surface area contributed by atoms with Crippen molar-refractivity contribution in [2.75, 3.05) is 6.61 Å². The van der Waals surface area contributed by atoms with Crippen LogP contribution in [-0.2, 0) is 15.8 Å². The first kappa shape index (κ1) is 26.8. The smallest absolute Gasteiger partial charge is 0.296 e. The number of aromatic nitrogens is 2. The number of amides is 1. The monoisotopic (exact) mass is 544 g/mol. The molecule has 1 amide bonds. The van der Waals surface area contributed by atoms with E-state index in [-0.39, 0.29) is 41.9 Å². The number of halogens is 1. The quantitative estimate of drug-likeness (QED) is 0.188. The summed E-state index contributed by atoms with van der Waals surface area (Å²) >= 11 is 0. The molecule has 0 spiro atoms. The number of carbonyl (C=O) groups excluding carboxylic acids is 2. The van der Waals surface area contributed by atoms with Gasteiger partial charge in [-0.15, -0.1) is 0 Å². The molecule has 10 nitrogen and oxygen atoms in total. The van der Waals surface area contributed by atoms with Gasteiger partial charge in [0.15, 0.2) is 5.78 Å². The van der Waals surface area contributed by atoms with E-state index in [0.29, 0.717) is 28.0 Å². The van der Waals surface area contributed by atoms with Gasteiger partial charge in [0.25, 0.3) is 5.69 Å². The van der Waals surface area contributed by atoms with E-state index in [9.17, 15) is 29.2 Å². The Kier molecular flexibility index (Phi) is 6.54. The number of nitrogens with zero attached hydrogens (tertiary/aromatic N) is 3. The second-order valence-electron chi connectivity index (χ2n) is 10.2. The molecule has 0 aliphatic carbocycles. The first-order valence-corrected chi connectivity index (χ1v) is 12.4. The fraction of sp³-hybridized carbons (Fsp3) is 0.241. The van der Waals surface area contributed by atoms with Gasteiger partial charge in [0.05, 0.1) is 10.6 Å². The van der Waals surface area contributed by atoms with Gasteiger partial charge in [-0.3, -0.25) is 19.7 Å². The highest BCUT2D eigenvalue weighted by molar-refractivity contribution is 6.02. The number of non-ortho nitro benzene ring substituents is 1. The number of fused-ring (bicyclic) bond motifs is 2. The third kappa shape index (κ3) is 4.64. The third-order valence-electron chi connectivity index (χ3n) is 7.33. The minimum absolute atomic E-state index is 0.0345. The molecule has 4 aromatic rings. The standard InChI is InChI=1S/C29H25FN4O6/c1-28(27(31)36)15-40-26-20(28)14-23(33-25(26)16-5-7-19(30)8-6-16)29(2,37)10-9-22(35)18-12-17-4-3-11-32-24(17)21(13-18)34(38)39/h3-8,11-14,37H,9-10,15H2,1-2H3,(H2,31,36)/t28-,29-/m0/s1. The summed E-state index contributed by atoms with van der Waals surface area (Å²) in [5.41, 5.74) is 4.21. The van der Waals surface area contributed by atoms with Crippen LogP contribution in [0.2, 0.25) is 0 Å². The first-order chi connectivity index (χ1) is 18.9. The van der Waals surface area contributed by atoms with Crippen LogP contribution in [0, 0.1) is 15.9 Å². The molecule has 11 heteroatoms. The van der Waals surface area contributed by atoms with E-state index in [1.165, 1.54) is 55.6 Å². The molecule has 204 valence electrons. The van der Waals surface area contributed by atoms with Crippen molar-refractivity contribution in [1.82, 2.24) is 9.97 Å². The fourth-order valence-corrected chi connectivity index (χ4v) is 4.77. The fourth-order valence-electron chi connectivity index (χ4n) is 4.77. The van der Waals surface area contributed by atoms with Gasteiger partial charge in [0.2, 0.25) is 5.91 Å². The average molecular weight is 545 g/mol. The largest absolute Gasteiger partial charge is 0.489 e. The van der Waals surface area contributed by atoms with E-state index in [1.54, 1.807) is 19.1 Å².